The maximum absolute atomic E-state index is 15.2. The zero-order valence-corrected chi connectivity index (χ0v) is 39.7. The molecule has 26 atom stereocenters. The van der Waals surface area contributed by atoms with Crippen LogP contribution in [0.1, 0.15) is 98.8 Å². The number of hydrogen-bond donors (Lipinski definition) is 12. The predicted octanol–water partition coefficient (Wildman–Crippen LogP) is -0.939. The molecule has 26 unspecified atom stereocenters. The highest BCUT2D eigenvalue weighted by molar-refractivity contribution is 5.81. The first kappa shape index (κ1) is 52.4. The van der Waals surface area contributed by atoms with E-state index in [1.165, 1.54) is 6.92 Å². The van der Waals surface area contributed by atoms with Gasteiger partial charge in [0.05, 0.1) is 42.9 Å². The van der Waals surface area contributed by atoms with E-state index in [2.05, 4.69) is 20.4 Å². The molecule has 20 heteroatoms. The van der Waals surface area contributed by atoms with Crippen molar-refractivity contribution < 1.29 is 99.3 Å². The second kappa shape index (κ2) is 18.8. The number of carbonyl (C=O) groups is 2. The third-order valence-corrected chi connectivity index (χ3v) is 19.6. The maximum Gasteiger partial charge on any atom is 0.314 e. The van der Waals surface area contributed by atoms with E-state index in [1.54, 1.807) is 0 Å². The quantitative estimate of drug-likeness (QED) is 0.0878. The molecule has 8 fully saturated rings. The summed E-state index contributed by atoms with van der Waals surface area (Å²) < 4.78 is 35.2. The summed E-state index contributed by atoms with van der Waals surface area (Å²) in [6.07, 6.45) is -21.5. The van der Waals surface area contributed by atoms with E-state index in [-0.39, 0.29) is 42.6 Å². The van der Waals surface area contributed by atoms with Crippen molar-refractivity contribution in [3.05, 3.63) is 12.2 Å². The summed E-state index contributed by atoms with van der Waals surface area (Å²) in [7, 11) is 0. The van der Waals surface area contributed by atoms with Crippen LogP contribution in [-0.2, 0) is 38.0 Å². The Morgan fingerprint density at radius 3 is 1.97 bits per heavy atom. The molecule has 8 aliphatic rings. The minimum Gasteiger partial charge on any atom is -0.481 e. The van der Waals surface area contributed by atoms with E-state index in [0.29, 0.717) is 51.4 Å². The molecule has 3 saturated heterocycles. The van der Waals surface area contributed by atoms with E-state index in [4.69, 9.17) is 28.4 Å². The average Bonchev–Trinajstić information content (AvgIpc) is 3.72. The van der Waals surface area contributed by atoms with Crippen molar-refractivity contribution in [3.8, 4) is 0 Å². The van der Waals surface area contributed by atoms with E-state index in [9.17, 15) is 66.1 Å². The predicted molar refractivity (Wildman–Crippen MR) is 232 cm³/mol. The van der Waals surface area contributed by atoms with Crippen molar-refractivity contribution in [1.82, 2.24) is 0 Å². The molecule has 0 aromatic carbocycles. The monoisotopic (exact) mass is 972 g/mol. The van der Waals surface area contributed by atoms with E-state index in [0.717, 1.165) is 5.57 Å². The Labute approximate surface area is 396 Å². The number of aliphatic carboxylic acids is 1. The summed E-state index contributed by atoms with van der Waals surface area (Å²) in [5.41, 5.74) is -3.56. The van der Waals surface area contributed by atoms with Crippen LogP contribution in [0.15, 0.2) is 12.2 Å². The molecular formula is C48H76O20. The number of aliphatic hydroxyl groups is 11. The number of carboxylic acid groups (broad SMARTS) is 1. The van der Waals surface area contributed by atoms with Crippen molar-refractivity contribution in [1.29, 1.82) is 0 Å². The molecule has 0 amide bonds. The van der Waals surface area contributed by atoms with Gasteiger partial charge in [-0.3, -0.25) is 9.59 Å². The van der Waals surface area contributed by atoms with Crippen LogP contribution in [0.3, 0.4) is 0 Å². The van der Waals surface area contributed by atoms with Crippen molar-refractivity contribution in [2.75, 3.05) is 19.8 Å². The molecule has 0 bridgehead atoms. The fourth-order valence-corrected chi connectivity index (χ4v) is 15.9. The number of carboxylic acids is 1. The third kappa shape index (κ3) is 7.76. The van der Waals surface area contributed by atoms with Crippen molar-refractivity contribution in [2.24, 2.45) is 56.7 Å². The van der Waals surface area contributed by atoms with Gasteiger partial charge in [0.25, 0.3) is 0 Å². The normalized spacial score (nSPS) is 54.7. The van der Waals surface area contributed by atoms with E-state index >= 15 is 4.79 Å². The molecule has 20 nitrogen and oxygen atoms in total. The second-order valence-electron chi connectivity index (χ2n) is 22.7. The molecular weight excluding hydrogens is 897 g/mol. The SMILES string of the molecule is C=C(C)C1CCC2(C(=O)OC3OC(COC4OC(CO)C(O)C(O)C4O)C(OC4OC(C)C(O)C(O)C4O)C(O)C3O)CCC3(C(=O)O)C(CCC4C5(C)CCC(O)C(C)(CO)C5CCC43C)C12. The van der Waals surface area contributed by atoms with Crippen LogP contribution in [0.25, 0.3) is 0 Å². The number of ether oxygens (including phenoxy) is 6. The van der Waals surface area contributed by atoms with E-state index in [1.807, 2.05) is 13.8 Å². The molecule has 68 heavy (non-hydrogen) atoms. The first-order valence-corrected chi connectivity index (χ1v) is 24.6. The highest BCUT2D eigenvalue weighted by Gasteiger charge is 2.76. The van der Waals surface area contributed by atoms with Gasteiger partial charge in [0.2, 0.25) is 6.29 Å². The van der Waals surface area contributed by atoms with Gasteiger partial charge in [0, 0.05) is 5.41 Å². The van der Waals surface area contributed by atoms with E-state index < -0.39 is 157 Å². The van der Waals surface area contributed by atoms with Crippen LogP contribution in [0.5, 0.6) is 0 Å². The number of rotatable bonds is 11. The topological polar surface area (TPSA) is 332 Å². The van der Waals surface area contributed by atoms with Crippen LogP contribution in [-0.4, -0.2) is 191 Å². The van der Waals surface area contributed by atoms with Gasteiger partial charge in [-0.25, -0.2) is 0 Å². The average molecular weight is 973 g/mol. The second-order valence-corrected chi connectivity index (χ2v) is 22.7. The van der Waals surface area contributed by atoms with Gasteiger partial charge in [-0.1, -0.05) is 32.9 Å². The zero-order chi connectivity index (χ0) is 49.8. The molecule has 5 aliphatic carbocycles. The Morgan fingerprint density at radius 1 is 0.676 bits per heavy atom. The van der Waals surface area contributed by atoms with Gasteiger partial charge in [-0.15, -0.1) is 0 Å². The summed E-state index contributed by atoms with van der Waals surface area (Å²) in [6.45, 7) is 12.2. The van der Waals surface area contributed by atoms with Gasteiger partial charge < -0.3 is 89.7 Å². The Morgan fingerprint density at radius 2 is 1.32 bits per heavy atom. The summed E-state index contributed by atoms with van der Waals surface area (Å²) in [6, 6.07) is 0. The standard InChI is InChI=1S/C48H76O20/c1-20(2)22-9-14-47(15-16-48(42(60)61)23(29(22)47)7-8-27-44(4)12-11-28(51)45(5,19-50)26(44)10-13-46(27,48)6)43(62)68-41-37(59)34(56)38(67-40-36(58)32(54)30(52)21(3)64-40)25(66-41)18-63-39-35(57)33(55)31(53)24(17-49)65-39/h21-41,49-59H,1,7-19H2,2-6H3,(H,60,61). The minimum absolute atomic E-state index is 0.0338. The number of aliphatic hydroxyl groups excluding tert-OH is 11. The fraction of sp³-hybridized carbons (Fsp3) is 0.917. The molecule has 12 N–H and O–H groups in total. The van der Waals surface area contributed by atoms with Gasteiger partial charge in [0.1, 0.15) is 67.1 Å². The van der Waals surface area contributed by atoms with Gasteiger partial charge in [0.15, 0.2) is 12.6 Å². The summed E-state index contributed by atoms with van der Waals surface area (Å²) in [5.74, 6) is -3.08. The Bertz CT molecular complexity index is 1870. The first-order chi connectivity index (χ1) is 31.9. The first-order valence-electron chi connectivity index (χ1n) is 24.6. The molecule has 3 aliphatic heterocycles. The fourth-order valence-electron chi connectivity index (χ4n) is 15.9. The molecule has 0 spiro atoms. The lowest BCUT2D eigenvalue weighted by Crippen LogP contribution is -2.70. The number of allylic oxidation sites excluding steroid dienone is 1. The maximum atomic E-state index is 15.2. The Kier molecular flexibility index (Phi) is 14.5. The lowest BCUT2D eigenvalue weighted by molar-refractivity contribution is -0.362. The largest absolute Gasteiger partial charge is 0.481 e. The van der Waals surface area contributed by atoms with Crippen LogP contribution in [0.2, 0.25) is 0 Å². The molecule has 0 radical (unpaired) electrons. The smallest absolute Gasteiger partial charge is 0.314 e. The van der Waals surface area contributed by atoms with Crippen LogP contribution in [0.4, 0.5) is 0 Å². The minimum atomic E-state index is -2.01. The molecule has 388 valence electrons. The van der Waals surface area contributed by atoms with Crippen molar-refractivity contribution >= 4 is 11.9 Å². The highest BCUT2D eigenvalue weighted by Crippen LogP contribution is 2.78. The van der Waals surface area contributed by atoms with Gasteiger partial charge >= 0.3 is 11.9 Å². The summed E-state index contributed by atoms with van der Waals surface area (Å²) >= 11 is 0. The number of carbonyl (C=O) groups excluding carboxylic acids is 1. The summed E-state index contributed by atoms with van der Waals surface area (Å²) in [5, 5.41) is 130. The molecule has 0 aromatic rings. The van der Waals surface area contributed by atoms with Crippen molar-refractivity contribution in [3.63, 3.8) is 0 Å². The van der Waals surface area contributed by atoms with Gasteiger partial charge in [-0.05, 0) is 118 Å². The number of fused-ring (bicyclic) bond motifs is 7. The van der Waals surface area contributed by atoms with Crippen molar-refractivity contribution in [2.45, 2.75) is 197 Å². The molecule has 5 saturated carbocycles. The molecule has 3 heterocycles. The lowest BCUT2D eigenvalue weighted by atomic mass is 9.31. The van der Waals surface area contributed by atoms with Crippen LogP contribution >= 0.6 is 0 Å². The van der Waals surface area contributed by atoms with Crippen LogP contribution < -0.4 is 0 Å². The number of esters is 1. The molecule has 0 aromatic heterocycles. The number of hydrogen-bond acceptors (Lipinski definition) is 19. The van der Waals surface area contributed by atoms with Gasteiger partial charge in [-0.2, -0.15) is 0 Å². The molecule has 8 rings (SSSR count). The Balaban J connectivity index is 1.08. The lowest BCUT2D eigenvalue weighted by Gasteiger charge is -2.72. The van der Waals surface area contributed by atoms with Crippen LogP contribution in [0, 0.1) is 56.7 Å². The summed E-state index contributed by atoms with van der Waals surface area (Å²) in [4.78, 5) is 29.5. The Hall–Kier alpha value is -1.96. The third-order valence-electron chi connectivity index (χ3n) is 19.6. The zero-order valence-electron chi connectivity index (χ0n) is 39.7. The highest BCUT2D eigenvalue weighted by atomic mass is 16.8.